The fourth-order valence-corrected chi connectivity index (χ4v) is 1.96. The molecule has 1 atom stereocenters. The van der Waals surface area contributed by atoms with Crippen LogP contribution >= 0.6 is 0 Å². The van der Waals surface area contributed by atoms with E-state index in [4.69, 9.17) is 9.84 Å². The van der Waals surface area contributed by atoms with E-state index in [2.05, 4.69) is 5.32 Å². The molecular weight excluding hydrogens is 212 g/mol. The highest BCUT2D eigenvalue weighted by molar-refractivity contribution is 5.80. The zero-order chi connectivity index (χ0) is 11.5. The summed E-state index contributed by atoms with van der Waals surface area (Å²) in [6.07, 6.45) is -0.393. The fourth-order valence-electron chi connectivity index (χ4n) is 1.96. The molecule has 1 unspecified atom stereocenters. The van der Waals surface area contributed by atoms with Crippen molar-refractivity contribution in [1.82, 2.24) is 10.2 Å². The number of carbonyl (C=O) groups is 2. The second-order valence-corrected chi connectivity index (χ2v) is 4.23. The second-order valence-electron chi connectivity index (χ2n) is 4.23. The first-order valence-electron chi connectivity index (χ1n) is 5.49. The normalized spacial score (nSPS) is 26.2. The number of aliphatic carboxylic acids is 1. The second kappa shape index (κ2) is 4.80. The molecule has 6 nitrogen and oxygen atoms in total. The van der Waals surface area contributed by atoms with Gasteiger partial charge in [0.15, 0.2) is 0 Å². The number of carbonyl (C=O) groups excluding carboxylic acids is 1. The van der Waals surface area contributed by atoms with E-state index in [9.17, 15) is 9.59 Å². The highest BCUT2D eigenvalue weighted by atomic mass is 16.5. The molecule has 0 radical (unpaired) electrons. The first-order chi connectivity index (χ1) is 7.66. The number of rotatable bonds is 3. The smallest absolute Gasteiger partial charge is 0.306 e. The third-order valence-corrected chi connectivity index (χ3v) is 2.98. The third kappa shape index (κ3) is 2.51. The van der Waals surface area contributed by atoms with Gasteiger partial charge in [0.1, 0.15) is 0 Å². The van der Waals surface area contributed by atoms with Crippen LogP contribution in [0.2, 0.25) is 0 Å². The molecule has 1 amide bonds. The summed E-state index contributed by atoms with van der Waals surface area (Å²) in [4.78, 5) is 24.2. The maximum absolute atomic E-state index is 11.9. The number of carboxylic acids is 1. The van der Waals surface area contributed by atoms with Gasteiger partial charge in [0, 0.05) is 26.2 Å². The molecule has 0 aromatic rings. The van der Waals surface area contributed by atoms with Crippen LogP contribution in [-0.2, 0) is 14.3 Å². The van der Waals surface area contributed by atoms with Crippen molar-refractivity contribution < 1.29 is 19.4 Å². The SMILES string of the molecule is O=C(O)CC1CN(C(=O)C2CNC2)CCO1. The van der Waals surface area contributed by atoms with Crippen molar-refractivity contribution in [3.05, 3.63) is 0 Å². The number of hydrogen-bond acceptors (Lipinski definition) is 4. The molecule has 2 saturated heterocycles. The number of nitrogens with zero attached hydrogens (tertiary/aromatic N) is 1. The summed E-state index contributed by atoms with van der Waals surface area (Å²) in [6, 6.07) is 0. The van der Waals surface area contributed by atoms with Gasteiger partial charge in [-0.05, 0) is 0 Å². The Morgan fingerprint density at radius 1 is 1.44 bits per heavy atom. The summed E-state index contributed by atoms with van der Waals surface area (Å²) in [5, 5.41) is 11.7. The molecule has 0 aromatic carbocycles. The molecule has 2 aliphatic rings. The number of amides is 1. The van der Waals surface area contributed by atoms with Crippen LogP contribution in [0, 0.1) is 5.92 Å². The Bertz CT molecular complexity index is 291. The molecule has 2 heterocycles. The first-order valence-corrected chi connectivity index (χ1v) is 5.49. The molecule has 2 fully saturated rings. The molecule has 0 aromatic heterocycles. The van der Waals surface area contributed by atoms with Gasteiger partial charge in [-0.1, -0.05) is 0 Å². The lowest BCUT2D eigenvalue weighted by Gasteiger charge is -2.37. The van der Waals surface area contributed by atoms with Crippen molar-refractivity contribution in [2.24, 2.45) is 5.92 Å². The Morgan fingerprint density at radius 3 is 2.75 bits per heavy atom. The van der Waals surface area contributed by atoms with Crippen LogP contribution < -0.4 is 5.32 Å². The molecule has 16 heavy (non-hydrogen) atoms. The van der Waals surface area contributed by atoms with E-state index in [1.807, 2.05) is 0 Å². The molecule has 0 saturated carbocycles. The lowest BCUT2D eigenvalue weighted by Crippen LogP contribution is -2.55. The monoisotopic (exact) mass is 228 g/mol. The molecule has 0 spiro atoms. The van der Waals surface area contributed by atoms with Crippen LogP contribution in [0.25, 0.3) is 0 Å². The average Bonchev–Trinajstić information content (AvgIpc) is 2.14. The minimum atomic E-state index is -0.885. The van der Waals surface area contributed by atoms with Crippen molar-refractivity contribution in [1.29, 1.82) is 0 Å². The van der Waals surface area contributed by atoms with Gasteiger partial charge in [-0.3, -0.25) is 9.59 Å². The van der Waals surface area contributed by atoms with Crippen molar-refractivity contribution in [2.45, 2.75) is 12.5 Å². The van der Waals surface area contributed by atoms with E-state index in [-0.39, 0.29) is 24.3 Å². The number of ether oxygens (including phenoxy) is 1. The Kier molecular flexibility index (Phi) is 3.40. The Morgan fingerprint density at radius 2 is 2.19 bits per heavy atom. The highest BCUT2D eigenvalue weighted by Crippen LogP contribution is 2.14. The Hall–Kier alpha value is -1.14. The van der Waals surface area contributed by atoms with E-state index in [1.54, 1.807) is 4.90 Å². The zero-order valence-electron chi connectivity index (χ0n) is 9.02. The summed E-state index contributed by atoms with van der Waals surface area (Å²) in [5.74, 6) is -0.689. The van der Waals surface area contributed by atoms with Crippen molar-refractivity contribution in [3.8, 4) is 0 Å². The summed E-state index contributed by atoms with van der Waals surface area (Å²) >= 11 is 0. The number of morpholine rings is 1. The van der Waals surface area contributed by atoms with Gasteiger partial charge in [-0.2, -0.15) is 0 Å². The van der Waals surface area contributed by atoms with Crippen molar-refractivity contribution in [3.63, 3.8) is 0 Å². The van der Waals surface area contributed by atoms with Crippen LogP contribution in [0.15, 0.2) is 0 Å². The fraction of sp³-hybridized carbons (Fsp3) is 0.800. The number of carboxylic acid groups (broad SMARTS) is 1. The van der Waals surface area contributed by atoms with Crippen LogP contribution in [0.3, 0.4) is 0 Å². The highest BCUT2D eigenvalue weighted by Gasteiger charge is 2.32. The summed E-state index contributed by atoms with van der Waals surface area (Å²) < 4.78 is 5.31. The van der Waals surface area contributed by atoms with Crippen LogP contribution in [0.1, 0.15) is 6.42 Å². The van der Waals surface area contributed by atoms with E-state index in [0.29, 0.717) is 19.7 Å². The van der Waals surface area contributed by atoms with Gasteiger partial charge >= 0.3 is 5.97 Å². The standard InChI is InChI=1S/C10H16N2O4/c13-9(14)3-8-6-12(1-2-16-8)10(15)7-4-11-5-7/h7-8,11H,1-6H2,(H,13,14). The van der Waals surface area contributed by atoms with Gasteiger partial charge in [-0.15, -0.1) is 0 Å². The molecule has 2 rings (SSSR count). The molecule has 0 aliphatic carbocycles. The van der Waals surface area contributed by atoms with Crippen LogP contribution in [0.4, 0.5) is 0 Å². The van der Waals surface area contributed by atoms with Gasteiger partial charge < -0.3 is 20.1 Å². The lowest BCUT2D eigenvalue weighted by atomic mass is 10.0. The number of nitrogens with one attached hydrogen (secondary N) is 1. The molecule has 90 valence electrons. The molecule has 0 bridgehead atoms. The Labute approximate surface area is 93.6 Å². The quantitative estimate of drug-likeness (QED) is 0.641. The molecular formula is C10H16N2O4. The minimum Gasteiger partial charge on any atom is -0.481 e. The van der Waals surface area contributed by atoms with E-state index in [1.165, 1.54) is 0 Å². The third-order valence-electron chi connectivity index (χ3n) is 2.98. The van der Waals surface area contributed by atoms with Gasteiger partial charge in [-0.25, -0.2) is 0 Å². The summed E-state index contributed by atoms with van der Waals surface area (Å²) in [6.45, 7) is 2.89. The first kappa shape index (κ1) is 11.3. The van der Waals surface area contributed by atoms with E-state index in [0.717, 1.165) is 13.1 Å². The molecule has 2 N–H and O–H groups in total. The van der Waals surface area contributed by atoms with Gasteiger partial charge in [0.2, 0.25) is 5.91 Å². The lowest BCUT2D eigenvalue weighted by molar-refractivity contribution is -0.150. The topological polar surface area (TPSA) is 78.9 Å². The maximum Gasteiger partial charge on any atom is 0.306 e. The molecule has 2 aliphatic heterocycles. The van der Waals surface area contributed by atoms with Crippen LogP contribution in [-0.4, -0.2) is 60.8 Å². The van der Waals surface area contributed by atoms with Crippen LogP contribution in [0.5, 0.6) is 0 Å². The largest absolute Gasteiger partial charge is 0.481 e. The van der Waals surface area contributed by atoms with E-state index < -0.39 is 5.97 Å². The number of hydrogen-bond donors (Lipinski definition) is 2. The Balaban J connectivity index is 1.85. The predicted octanol–water partition coefficient (Wildman–Crippen LogP) is -1.09. The average molecular weight is 228 g/mol. The predicted molar refractivity (Wildman–Crippen MR) is 54.9 cm³/mol. The van der Waals surface area contributed by atoms with Gasteiger partial charge in [0.25, 0.3) is 0 Å². The summed E-state index contributed by atoms with van der Waals surface area (Å²) in [7, 11) is 0. The maximum atomic E-state index is 11.9. The van der Waals surface area contributed by atoms with E-state index >= 15 is 0 Å². The van der Waals surface area contributed by atoms with Crippen molar-refractivity contribution >= 4 is 11.9 Å². The molecule has 6 heteroatoms. The minimum absolute atomic E-state index is 0.0350. The van der Waals surface area contributed by atoms with Crippen molar-refractivity contribution in [2.75, 3.05) is 32.8 Å². The van der Waals surface area contributed by atoms with Gasteiger partial charge in [0.05, 0.1) is 25.0 Å². The summed E-state index contributed by atoms with van der Waals surface area (Å²) in [5.41, 5.74) is 0. The zero-order valence-corrected chi connectivity index (χ0v) is 9.02.